The summed E-state index contributed by atoms with van der Waals surface area (Å²) < 4.78 is 25.9. The Morgan fingerprint density at radius 2 is 1.74 bits per heavy atom. The number of rotatable bonds is 9. The molecule has 0 saturated heterocycles. The van der Waals surface area contributed by atoms with Crippen molar-refractivity contribution in [2.45, 2.75) is 38.5 Å². The largest absolute Gasteiger partial charge is 0.493 e. The highest BCUT2D eigenvalue weighted by molar-refractivity contribution is 6.12. The highest BCUT2D eigenvalue weighted by atomic mass is 19.1. The van der Waals surface area contributed by atoms with Crippen molar-refractivity contribution in [2.24, 2.45) is 0 Å². The van der Waals surface area contributed by atoms with Crippen LogP contribution in [0.1, 0.15) is 58.3 Å². The van der Waals surface area contributed by atoms with Gasteiger partial charge in [-0.25, -0.2) is 14.4 Å². The maximum absolute atomic E-state index is 13.7. The lowest BCUT2D eigenvalue weighted by Crippen LogP contribution is -2.18. The third-order valence-electron chi connectivity index (χ3n) is 7.89. The summed E-state index contributed by atoms with van der Waals surface area (Å²) >= 11 is 0. The third kappa shape index (κ3) is 4.93. The van der Waals surface area contributed by atoms with Gasteiger partial charge in [0.1, 0.15) is 28.7 Å². The van der Waals surface area contributed by atoms with Crippen LogP contribution < -0.4 is 10.1 Å². The minimum absolute atomic E-state index is 0.0336. The number of hydrogen-bond donors (Lipinski definition) is 1. The number of Topliss-reactive ketones (excluding diaryl/α,β-unsaturated/α-hetero) is 1. The van der Waals surface area contributed by atoms with Crippen LogP contribution in [0.5, 0.6) is 5.75 Å². The normalized spacial score (nSPS) is 13.6. The molecule has 1 N–H and O–H groups in total. The molecule has 5 aromatic rings. The average molecular weight is 564 g/mol. The van der Waals surface area contributed by atoms with Gasteiger partial charge in [0.25, 0.3) is 5.91 Å². The van der Waals surface area contributed by atoms with E-state index in [4.69, 9.17) is 9.15 Å². The zero-order valence-corrected chi connectivity index (χ0v) is 23.7. The van der Waals surface area contributed by atoms with Gasteiger partial charge in [-0.1, -0.05) is 12.1 Å². The molecule has 6 rings (SSSR count). The predicted octanol–water partition coefficient (Wildman–Crippen LogP) is 7.07. The topological polar surface area (TPSA) is 94.3 Å². The van der Waals surface area contributed by atoms with E-state index in [0.717, 1.165) is 35.4 Å². The Morgan fingerprint density at radius 1 is 1.02 bits per heavy atom. The fraction of sp³-hybridized carbons (Fsp3) is 0.235. The molecule has 0 unspecified atom stereocenters. The zero-order chi connectivity index (χ0) is 29.4. The van der Waals surface area contributed by atoms with E-state index in [-0.39, 0.29) is 22.9 Å². The summed E-state index contributed by atoms with van der Waals surface area (Å²) in [4.78, 5) is 35.7. The van der Waals surface area contributed by atoms with Gasteiger partial charge in [0.05, 0.1) is 12.2 Å². The van der Waals surface area contributed by atoms with Crippen LogP contribution >= 0.6 is 0 Å². The van der Waals surface area contributed by atoms with Crippen LogP contribution in [0.25, 0.3) is 33.4 Å². The second kappa shape index (κ2) is 10.9. The number of carbonyl (C=O) groups excluding carboxylic acids is 2. The molecule has 1 saturated carbocycles. The van der Waals surface area contributed by atoms with E-state index in [2.05, 4.69) is 15.3 Å². The minimum Gasteiger partial charge on any atom is -0.493 e. The molecule has 1 amide bonds. The SMILES string of the molecule is CCOc1cc2oc(-c3ccc(F)cc3)c(C(=O)NC)c2cc1-c1ccc(C)c(C(=O)CC2(c3ncccn3)CC2)c1. The van der Waals surface area contributed by atoms with Crippen LogP contribution in [0, 0.1) is 12.7 Å². The molecule has 0 spiro atoms. The minimum atomic E-state index is -0.383. The summed E-state index contributed by atoms with van der Waals surface area (Å²) in [5.74, 6) is 0.931. The van der Waals surface area contributed by atoms with Crippen molar-refractivity contribution in [3.8, 4) is 28.2 Å². The van der Waals surface area contributed by atoms with Crippen LogP contribution in [0.3, 0.4) is 0 Å². The molecule has 1 fully saturated rings. The van der Waals surface area contributed by atoms with Gasteiger partial charge in [0.15, 0.2) is 5.78 Å². The van der Waals surface area contributed by atoms with Crippen molar-refractivity contribution in [3.63, 3.8) is 0 Å². The van der Waals surface area contributed by atoms with E-state index >= 15 is 0 Å². The molecule has 1 aliphatic rings. The highest BCUT2D eigenvalue weighted by Gasteiger charge is 2.48. The second-order valence-electron chi connectivity index (χ2n) is 10.7. The van der Waals surface area contributed by atoms with Crippen LogP contribution in [0.2, 0.25) is 0 Å². The average Bonchev–Trinajstić information content (AvgIpc) is 3.69. The third-order valence-corrected chi connectivity index (χ3v) is 7.89. The molecule has 42 heavy (non-hydrogen) atoms. The Kier molecular flexibility index (Phi) is 7.06. The molecule has 8 heteroatoms. The van der Waals surface area contributed by atoms with Gasteiger partial charge >= 0.3 is 0 Å². The number of halogens is 1. The van der Waals surface area contributed by atoms with E-state index in [1.165, 1.54) is 12.1 Å². The molecule has 212 valence electrons. The van der Waals surface area contributed by atoms with Crippen LogP contribution in [-0.2, 0) is 5.41 Å². The quantitative estimate of drug-likeness (QED) is 0.193. The summed E-state index contributed by atoms with van der Waals surface area (Å²) in [7, 11) is 1.55. The smallest absolute Gasteiger partial charge is 0.255 e. The first kappa shape index (κ1) is 27.3. The van der Waals surface area contributed by atoms with E-state index in [1.54, 1.807) is 43.7 Å². The molecule has 2 heterocycles. The fourth-order valence-corrected chi connectivity index (χ4v) is 5.48. The number of nitrogens with one attached hydrogen (secondary N) is 1. The Labute approximate surface area is 242 Å². The lowest BCUT2D eigenvalue weighted by molar-refractivity contribution is 0.0958. The molecule has 3 aromatic carbocycles. The monoisotopic (exact) mass is 563 g/mol. The first-order valence-electron chi connectivity index (χ1n) is 14.0. The number of amides is 1. The van der Waals surface area contributed by atoms with Crippen molar-refractivity contribution in [2.75, 3.05) is 13.7 Å². The number of ketones is 1. The maximum Gasteiger partial charge on any atom is 0.255 e. The molecule has 0 aliphatic heterocycles. The second-order valence-corrected chi connectivity index (χ2v) is 10.7. The summed E-state index contributed by atoms with van der Waals surface area (Å²) in [6.45, 7) is 4.22. The lowest BCUT2D eigenvalue weighted by Gasteiger charge is -2.16. The van der Waals surface area contributed by atoms with Crippen LogP contribution in [0.4, 0.5) is 4.39 Å². The zero-order valence-electron chi connectivity index (χ0n) is 23.7. The van der Waals surface area contributed by atoms with E-state index in [0.29, 0.717) is 52.2 Å². The summed E-state index contributed by atoms with van der Waals surface area (Å²) in [6.07, 6.45) is 5.53. The molecule has 0 radical (unpaired) electrons. The molecular formula is C34H30FN3O4. The Bertz CT molecular complexity index is 1810. The van der Waals surface area contributed by atoms with Gasteiger partial charge in [-0.2, -0.15) is 0 Å². The lowest BCUT2D eigenvalue weighted by atomic mass is 9.90. The number of aryl methyl sites for hydroxylation is 1. The van der Waals surface area contributed by atoms with Gasteiger partial charge in [-0.05, 0) is 80.3 Å². The number of aromatic nitrogens is 2. The Balaban J connectivity index is 1.45. The molecule has 0 bridgehead atoms. The van der Waals surface area contributed by atoms with Gasteiger partial charge in [0, 0.05) is 59.4 Å². The Hall–Kier alpha value is -4.85. The van der Waals surface area contributed by atoms with E-state index < -0.39 is 0 Å². The molecular weight excluding hydrogens is 533 g/mol. The number of furan rings is 1. The fourth-order valence-electron chi connectivity index (χ4n) is 5.48. The molecule has 2 aromatic heterocycles. The molecule has 7 nitrogen and oxygen atoms in total. The van der Waals surface area contributed by atoms with Crippen molar-refractivity contribution in [1.29, 1.82) is 0 Å². The number of benzene rings is 3. The number of carbonyl (C=O) groups is 2. The van der Waals surface area contributed by atoms with Gasteiger partial charge in [-0.15, -0.1) is 0 Å². The van der Waals surface area contributed by atoms with Crippen molar-refractivity contribution < 1.29 is 23.1 Å². The highest BCUT2D eigenvalue weighted by Crippen LogP contribution is 2.50. The number of nitrogens with zero attached hydrogens (tertiary/aromatic N) is 2. The summed E-state index contributed by atoms with van der Waals surface area (Å²) in [5.41, 5.74) is 4.07. The standard InChI is InChI=1S/C34H30FN3O4/c1-4-41-28-18-29-26(30(32(40)36-3)31(42-29)21-8-10-23(35)11-9-21)17-25(28)22-7-6-20(2)24(16-22)27(39)19-34(12-13-34)33-37-14-5-15-38-33/h5-11,14-18H,4,12-13,19H2,1-3H3,(H,36,40). The first-order chi connectivity index (χ1) is 20.3. The number of hydrogen-bond acceptors (Lipinski definition) is 6. The molecule has 0 atom stereocenters. The van der Waals surface area contributed by atoms with Crippen LogP contribution in [-0.4, -0.2) is 35.3 Å². The molecule has 1 aliphatic carbocycles. The van der Waals surface area contributed by atoms with Crippen molar-refractivity contribution >= 4 is 22.7 Å². The van der Waals surface area contributed by atoms with Gasteiger partial charge in [0.2, 0.25) is 0 Å². The van der Waals surface area contributed by atoms with E-state index in [1.807, 2.05) is 38.1 Å². The first-order valence-corrected chi connectivity index (χ1v) is 14.0. The predicted molar refractivity (Wildman–Crippen MR) is 158 cm³/mol. The number of ether oxygens (including phenoxy) is 1. The Morgan fingerprint density at radius 3 is 2.40 bits per heavy atom. The van der Waals surface area contributed by atoms with Crippen molar-refractivity contribution in [3.05, 3.63) is 101 Å². The van der Waals surface area contributed by atoms with Gasteiger partial charge in [-0.3, -0.25) is 9.59 Å². The van der Waals surface area contributed by atoms with Crippen molar-refractivity contribution in [1.82, 2.24) is 15.3 Å². The number of fused-ring (bicyclic) bond motifs is 1. The maximum atomic E-state index is 13.7. The van der Waals surface area contributed by atoms with Gasteiger partial charge < -0.3 is 14.5 Å². The van der Waals surface area contributed by atoms with Crippen LogP contribution in [0.15, 0.2) is 77.5 Å². The summed E-state index contributed by atoms with van der Waals surface area (Å²) in [6, 6.07) is 17.0. The summed E-state index contributed by atoms with van der Waals surface area (Å²) in [5, 5.41) is 3.28. The van der Waals surface area contributed by atoms with E-state index in [9.17, 15) is 14.0 Å².